The van der Waals surface area contributed by atoms with Gasteiger partial charge in [0.05, 0.1) is 6.04 Å². The molecule has 1 aromatic carbocycles. The molecule has 0 radical (unpaired) electrons. The number of benzene rings is 1. The zero-order valence-electron chi connectivity index (χ0n) is 15.1. The summed E-state index contributed by atoms with van der Waals surface area (Å²) in [5.41, 5.74) is 2.51. The van der Waals surface area contributed by atoms with Gasteiger partial charge in [0.15, 0.2) is 0 Å². The van der Waals surface area contributed by atoms with Crippen molar-refractivity contribution in [2.24, 2.45) is 5.92 Å². The van der Waals surface area contributed by atoms with Crippen molar-refractivity contribution < 1.29 is 9.59 Å². The standard InChI is InChI=1S/C19H29N3O2/c1-5-6-15-7-9-16(10-8-15)17(13(2)3)21-14(4)18(23)22-12-11-20-19(22)24/h7-10,13-14,17,21H,5-6,11-12H2,1-4H3,(H,20,24)/t14-,17+/m1/s1. The lowest BCUT2D eigenvalue weighted by Crippen LogP contribution is -2.47. The van der Waals surface area contributed by atoms with E-state index in [0.29, 0.717) is 19.0 Å². The monoisotopic (exact) mass is 331 g/mol. The van der Waals surface area contributed by atoms with Crippen LogP contribution in [0.25, 0.3) is 0 Å². The lowest BCUT2D eigenvalue weighted by molar-refractivity contribution is -0.129. The van der Waals surface area contributed by atoms with Gasteiger partial charge in [-0.05, 0) is 30.4 Å². The van der Waals surface area contributed by atoms with E-state index in [1.54, 1.807) is 0 Å². The molecule has 0 aromatic heterocycles. The van der Waals surface area contributed by atoms with Crippen LogP contribution < -0.4 is 10.6 Å². The van der Waals surface area contributed by atoms with E-state index < -0.39 is 6.04 Å². The number of amides is 3. The van der Waals surface area contributed by atoms with Gasteiger partial charge in [-0.2, -0.15) is 0 Å². The minimum absolute atomic E-state index is 0.0743. The second-order valence-electron chi connectivity index (χ2n) is 6.82. The van der Waals surface area contributed by atoms with E-state index in [1.807, 2.05) is 6.92 Å². The molecule has 2 atom stereocenters. The first-order chi connectivity index (χ1) is 11.4. The third-order valence-corrected chi connectivity index (χ3v) is 4.47. The Bertz CT molecular complexity index is 568. The summed E-state index contributed by atoms with van der Waals surface area (Å²) >= 11 is 0. The summed E-state index contributed by atoms with van der Waals surface area (Å²) in [7, 11) is 0. The molecule has 3 amide bonds. The molecule has 1 fully saturated rings. The molecule has 1 aromatic rings. The Morgan fingerprint density at radius 3 is 2.42 bits per heavy atom. The highest BCUT2D eigenvalue weighted by molar-refractivity contribution is 5.98. The molecule has 0 saturated carbocycles. The van der Waals surface area contributed by atoms with Gasteiger partial charge < -0.3 is 5.32 Å². The fourth-order valence-corrected chi connectivity index (χ4v) is 3.11. The largest absolute Gasteiger partial charge is 0.336 e. The van der Waals surface area contributed by atoms with Crippen molar-refractivity contribution in [1.29, 1.82) is 0 Å². The van der Waals surface area contributed by atoms with Crippen LogP contribution in [0, 0.1) is 5.92 Å². The molecule has 5 nitrogen and oxygen atoms in total. The summed E-state index contributed by atoms with van der Waals surface area (Å²) in [6, 6.07) is 7.98. The van der Waals surface area contributed by atoms with Gasteiger partial charge in [0.1, 0.15) is 0 Å². The summed E-state index contributed by atoms with van der Waals surface area (Å²) in [6.07, 6.45) is 2.22. The van der Waals surface area contributed by atoms with Gasteiger partial charge in [-0.25, -0.2) is 4.79 Å². The van der Waals surface area contributed by atoms with E-state index >= 15 is 0 Å². The lowest BCUT2D eigenvalue weighted by Gasteiger charge is -2.28. The molecule has 0 aliphatic carbocycles. The van der Waals surface area contributed by atoms with Crippen LogP contribution in [0.15, 0.2) is 24.3 Å². The predicted octanol–water partition coefficient (Wildman–Crippen LogP) is 2.87. The highest BCUT2D eigenvalue weighted by atomic mass is 16.2. The van der Waals surface area contributed by atoms with E-state index in [-0.39, 0.29) is 18.0 Å². The normalized spacial score (nSPS) is 17.0. The molecule has 132 valence electrons. The van der Waals surface area contributed by atoms with Crippen LogP contribution in [0.3, 0.4) is 0 Å². The van der Waals surface area contributed by atoms with Gasteiger partial charge in [0.2, 0.25) is 5.91 Å². The van der Waals surface area contributed by atoms with Gasteiger partial charge in [-0.15, -0.1) is 0 Å². The fourth-order valence-electron chi connectivity index (χ4n) is 3.11. The van der Waals surface area contributed by atoms with E-state index in [1.165, 1.54) is 16.0 Å². The Labute approximate surface area is 144 Å². The fraction of sp³-hybridized carbons (Fsp3) is 0.579. The second kappa shape index (κ2) is 8.29. The van der Waals surface area contributed by atoms with Gasteiger partial charge in [0.25, 0.3) is 0 Å². The number of nitrogens with zero attached hydrogens (tertiary/aromatic N) is 1. The number of hydrogen-bond donors (Lipinski definition) is 2. The highest BCUT2D eigenvalue weighted by Gasteiger charge is 2.31. The average molecular weight is 331 g/mol. The first-order valence-electron chi connectivity index (χ1n) is 8.88. The number of imide groups is 1. The SMILES string of the molecule is CCCc1ccc([C@@H](N[C@H](C)C(=O)N2CCNC2=O)C(C)C)cc1. The van der Waals surface area contributed by atoms with Crippen molar-refractivity contribution in [2.45, 2.75) is 52.6 Å². The third kappa shape index (κ3) is 4.35. The Kier molecular flexibility index (Phi) is 6.37. The number of aryl methyl sites for hydroxylation is 1. The van der Waals surface area contributed by atoms with Crippen molar-refractivity contribution in [3.63, 3.8) is 0 Å². The Balaban J connectivity index is 2.07. The molecule has 1 aliphatic rings. The predicted molar refractivity (Wildman–Crippen MR) is 95.7 cm³/mol. The van der Waals surface area contributed by atoms with Crippen molar-refractivity contribution in [3.05, 3.63) is 35.4 Å². The number of hydrogen-bond acceptors (Lipinski definition) is 3. The average Bonchev–Trinajstić information content (AvgIpc) is 2.98. The van der Waals surface area contributed by atoms with E-state index in [2.05, 4.69) is 55.7 Å². The van der Waals surface area contributed by atoms with Crippen LogP contribution in [-0.2, 0) is 11.2 Å². The second-order valence-corrected chi connectivity index (χ2v) is 6.82. The number of carbonyl (C=O) groups excluding carboxylic acids is 2. The van der Waals surface area contributed by atoms with Crippen LogP contribution in [0.2, 0.25) is 0 Å². The topological polar surface area (TPSA) is 61.4 Å². The molecule has 0 unspecified atom stereocenters. The molecule has 5 heteroatoms. The maximum absolute atomic E-state index is 12.5. The summed E-state index contributed by atoms with van der Waals surface area (Å²) in [4.78, 5) is 25.5. The van der Waals surface area contributed by atoms with Gasteiger partial charge in [-0.3, -0.25) is 15.0 Å². The number of urea groups is 1. The van der Waals surface area contributed by atoms with Crippen LogP contribution >= 0.6 is 0 Å². The van der Waals surface area contributed by atoms with Crippen LogP contribution in [-0.4, -0.2) is 36.0 Å². The highest BCUT2D eigenvalue weighted by Crippen LogP contribution is 2.23. The molecule has 1 saturated heterocycles. The Morgan fingerprint density at radius 1 is 1.25 bits per heavy atom. The number of rotatable bonds is 7. The number of nitrogens with one attached hydrogen (secondary N) is 2. The lowest BCUT2D eigenvalue weighted by atomic mass is 9.94. The quantitative estimate of drug-likeness (QED) is 0.807. The maximum Gasteiger partial charge on any atom is 0.324 e. The minimum atomic E-state index is -0.406. The smallest absolute Gasteiger partial charge is 0.324 e. The first-order valence-corrected chi connectivity index (χ1v) is 8.88. The van der Waals surface area contributed by atoms with Crippen LogP contribution in [0.4, 0.5) is 4.79 Å². The van der Waals surface area contributed by atoms with E-state index in [9.17, 15) is 9.59 Å². The molecule has 2 rings (SSSR count). The van der Waals surface area contributed by atoms with Crippen LogP contribution in [0.5, 0.6) is 0 Å². The summed E-state index contributed by atoms with van der Waals surface area (Å²) in [5, 5.41) is 6.08. The van der Waals surface area contributed by atoms with Crippen molar-refractivity contribution in [2.75, 3.05) is 13.1 Å². The summed E-state index contributed by atoms with van der Waals surface area (Å²) < 4.78 is 0. The van der Waals surface area contributed by atoms with Gasteiger partial charge in [-0.1, -0.05) is 51.5 Å². The number of carbonyl (C=O) groups is 2. The molecular weight excluding hydrogens is 302 g/mol. The van der Waals surface area contributed by atoms with Crippen molar-refractivity contribution >= 4 is 11.9 Å². The van der Waals surface area contributed by atoms with Crippen molar-refractivity contribution in [3.8, 4) is 0 Å². The summed E-state index contributed by atoms with van der Waals surface area (Å²) in [5.74, 6) is 0.169. The minimum Gasteiger partial charge on any atom is -0.336 e. The summed E-state index contributed by atoms with van der Waals surface area (Å²) in [6.45, 7) is 9.25. The molecule has 2 N–H and O–H groups in total. The third-order valence-electron chi connectivity index (χ3n) is 4.47. The van der Waals surface area contributed by atoms with E-state index in [4.69, 9.17) is 0 Å². The molecule has 0 spiro atoms. The van der Waals surface area contributed by atoms with Gasteiger partial charge in [0, 0.05) is 19.1 Å². The molecule has 24 heavy (non-hydrogen) atoms. The zero-order chi connectivity index (χ0) is 17.7. The Hall–Kier alpha value is -1.88. The maximum atomic E-state index is 12.5. The molecular formula is C19H29N3O2. The van der Waals surface area contributed by atoms with Crippen molar-refractivity contribution in [1.82, 2.24) is 15.5 Å². The molecule has 1 aliphatic heterocycles. The van der Waals surface area contributed by atoms with Gasteiger partial charge >= 0.3 is 6.03 Å². The Morgan fingerprint density at radius 2 is 1.92 bits per heavy atom. The van der Waals surface area contributed by atoms with Crippen LogP contribution in [0.1, 0.15) is 51.3 Å². The molecule has 1 heterocycles. The first kappa shape index (κ1) is 18.5. The van der Waals surface area contributed by atoms with E-state index in [0.717, 1.165) is 12.8 Å². The molecule has 0 bridgehead atoms. The zero-order valence-corrected chi connectivity index (χ0v) is 15.1.